The van der Waals surface area contributed by atoms with E-state index in [2.05, 4.69) is 4.74 Å². The normalized spacial score (nSPS) is 11.1. The number of benzene rings is 1. The van der Waals surface area contributed by atoms with Crippen LogP contribution in [0.4, 0.5) is 0 Å². The van der Waals surface area contributed by atoms with E-state index in [0.717, 1.165) is 0 Å². The van der Waals surface area contributed by atoms with E-state index in [-0.39, 0.29) is 38.2 Å². The molecule has 1 rings (SSSR count). The van der Waals surface area contributed by atoms with Crippen molar-refractivity contribution in [3.8, 4) is 0 Å². The van der Waals surface area contributed by atoms with E-state index in [4.69, 9.17) is 11.6 Å². The minimum atomic E-state index is -0.976. The number of carbonyl (C=O) groups excluding carboxylic acids is 2. The Labute approximate surface area is 130 Å². The number of hydrogen-bond acceptors (Lipinski definition) is 4. The summed E-state index contributed by atoms with van der Waals surface area (Å²) in [5.41, 5.74) is 0.352. The summed E-state index contributed by atoms with van der Waals surface area (Å²) in [6.07, 6.45) is 0. The molecule has 0 aliphatic rings. The molecular weight excluding hydrogens is 263 g/mol. The molecule has 0 atom stereocenters. The van der Waals surface area contributed by atoms with Crippen molar-refractivity contribution in [3.05, 3.63) is 40.4 Å². The van der Waals surface area contributed by atoms with Gasteiger partial charge in [0.05, 0.1) is 6.61 Å². The van der Waals surface area contributed by atoms with E-state index in [9.17, 15) is 14.7 Å². The average molecular weight is 277 g/mol. The Hall–Kier alpha value is -1.21. The molecule has 98 valence electrons. The number of hydrogen-bond donors (Lipinski definition) is 1. The summed E-state index contributed by atoms with van der Waals surface area (Å²) in [7, 11) is 0. The average Bonchev–Trinajstić information content (AvgIpc) is 2.37. The van der Waals surface area contributed by atoms with Crippen molar-refractivity contribution in [2.75, 3.05) is 6.61 Å². The van der Waals surface area contributed by atoms with Crippen molar-refractivity contribution in [2.24, 2.45) is 0 Å². The monoisotopic (exact) mass is 276 g/mol. The van der Waals surface area contributed by atoms with E-state index >= 15 is 0 Å². The second kappa shape index (κ2) is 8.06. The van der Waals surface area contributed by atoms with Gasteiger partial charge in [-0.2, -0.15) is 0 Å². The van der Waals surface area contributed by atoms with Gasteiger partial charge in [-0.25, -0.2) is 4.79 Å². The predicted molar refractivity (Wildman–Crippen MR) is 69.4 cm³/mol. The zero-order valence-corrected chi connectivity index (χ0v) is 11.8. The van der Waals surface area contributed by atoms with Gasteiger partial charge in [0, 0.05) is 16.2 Å². The van der Waals surface area contributed by atoms with Crippen molar-refractivity contribution in [1.29, 1.82) is 0 Å². The maximum atomic E-state index is 11.6. The van der Waals surface area contributed by atoms with Crippen molar-refractivity contribution in [1.82, 2.24) is 0 Å². The topological polar surface area (TPSA) is 63.6 Å². The molecule has 0 aromatic heterocycles. The summed E-state index contributed by atoms with van der Waals surface area (Å²) in [6.45, 7) is 3.08. The Bertz CT molecular complexity index is 500. The summed E-state index contributed by atoms with van der Waals surface area (Å²) in [4.78, 5) is 22.8. The third-order valence-corrected chi connectivity index (χ3v) is 2.53. The molecule has 0 heterocycles. The van der Waals surface area contributed by atoms with Gasteiger partial charge in [0.25, 0.3) is 5.78 Å². The third-order valence-electron chi connectivity index (χ3n) is 2.27. The number of carbonyl (C=O) groups is 2. The molecule has 0 bridgehead atoms. The van der Waals surface area contributed by atoms with Crippen LogP contribution in [0.3, 0.4) is 0 Å². The first-order valence-electron chi connectivity index (χ1n) is 5.34. The van der Waals surface area contributed by atoms with E-state index in [0.29, 0.717) is 10.6 Å². The Morgan fingerprint density at radius 3 is 2.32 bits per heavy atom. The van der Waals surface area contributed by atoms with Crippen LogP contribution >= 0.6 is 11.6 Å². The van der Waals surface area contributed by atoms with Crippen molar-refractivity contribution in [2.45, 2.75) is 13.8 Å². The molecule has 1 N–H and O–H groups in total. The molecule has 0 saturated heterocycles. The predicted octanol–water partition coefficient (Wildman–Crippen LogP) is -0.122. The quantitative estimate of drug-likeness (QED) is 0.274. The number of halogens is 1. The second-order valence-corrected chi connectivity index (χ2v) is 3.97. The number of ether oxygens (including phenoxy) is 1. The van der Waals surface area contributed by atoms with Crippen molar-refractivity contribution < 1.29 is 39.7 Å². The fraction of sp³-hybridized carbons (Fsp3) is 0.231. The van der Waals surface area contributed by atoms with Gasteiger partial charge in [-0.1, -0.05) is 11.6 Å². The zero-order chi connectivity index (χ0) is 13.7. The summed E-state index contributed by atoms with van der Waals surface area (Å²) in [5.74, 6) is -2.09. The number of esters is 1. The number of aliphatic hydroxyl groups is 1. The molecule has 1 aromatic rings. The van der Waals surface area contributed by atoms with Gasteiger partial charge in [0.1, 0.15) is 5.76 Å². The van der Waals surface area contributed by atoms with E-state index < -0.39 is 11.8 Å². The number of aliphatic hydroxyl groups excluding tert-OH is 1. The standard InChI is InChI=1S/C13H13ClO4.Li.H/c1-3-18-13(17)12(16)8(2)11(15)9-4-6-10(14)7-5-9;;/h4-7,15H,3H2,1-2H3;;/q;+1;-1. The van der Waals surface area contributed by atoms with Gasteiger partial charge in [0.15, 0.2) is 0 Å². The summed E-state index contributed by atoms with van der Waals surface area (Å²) < 4.78 is 4.58. The van der Waals surface area contributed by atoms with Crippen LogP contribution in [-0.2, 0) is 14.3 Å². The molecule has 1 aromatic carbocycles. The Morgan fingerprint density at radius 1 is 1.32 bits per heavy atom. The Kier molecular flexibility index (Phi) is 7.54. The smallest absolute Gasteiger partial charge is 1.00 e. The maximum Gasteiger partial charge on any atom is 1.00 e. The van der Waals surface area contributed by atoms with Crippen LogP contribution in [0.25, 0.3) is 5.76 Å². The number of ketones is 1. The summed E-state index contributed by atoms with van der Waals surface area (Å²) in [5, 5.41) is 10.4. The molecular formula is C13H14ClLiO4. The molecule has 0 saturated carbocycles. The molecule has 0 spiro atoms. The zero-order valence-electron chi connectivity index (χ0n) is 12.1. The van der Waals surface area contributed by atoms with Crippen LogP contribution in [0.5, 0.6) is 0 Å². The first kappa shape index (κ1) is 17.8. The number of rotatable bonds is 4. The molecule has 0 unspecified atom stereocenters. The summed E-state index contributed by atoms with van der Waals surface area (Å²) in [6, 6.07) is 6.27. The molecule has 0 radical (unpaired) electrons. The molecule has 0 aliphatic carbocycles. The van der Waals surface area contributed by atoms with Crippen molar-refractivity contribution >= 4 is 29.1 Å². The Morgan fingerprint density at radius 2 is 1.84 bits per heavy atom. The molecule has 0 fully saturated rings. The van der Waals surface area contributed by atoms with Gasteiger partial charge in [-0.15, -0.1) is 0 Å². The van der Waals surface area contributed by atoms with Crippen molar-refractivity contribution in [3.63, 3.8) is 0 Å². The molecule has 0 aliphatic heterocycles. The molecule has 6 heteroatoms. The van der Waals surface area contributed by atoms with Crippen LogP contribution in [0.2, 0.25) is 5.02 Å². The van der Waals surface area contributed by atoms with Gasteiger partial charge in [-0.3, -0.25) is 4.79 Å². The molecule has 19 heavy (non-hydrogen) atoms. The molecule has 4 nitrogen and oxygen atoms in total. The fourth-order valence-corrected chi connectivity index (χ4v) is 1.41. The maximum absolute atomic E-state index is 11.6. The van der Waals surface area contributed by atoms with Gasteiger partial charge < -0.3 is 11.3 Å². The van der Waals surface area contributed by atoms with Gasteiger partial charge in [-0.05, 0) is 38.1 Å². The van der Waals surface area contributed by atoms with Crippen LogP contribution in [-0.4, -0.2) is 23.5 Å². The van der Waals surface area contributed by atoms with E-state index in [1.807, 2.05) is 0 Å². The fourth-order valence-electron chi connectivity index (χ4n) is 1.28. The third kappa shape index (κ3) is 4.75. The van der Waals surface area contributed by atoms with Crippen LogP contribution in [0.15, 0.2) is 29.8 Å². The number of Topliss-reactive ketones (excluding diaryl/α,β-unsaturated/α-hetero) is 1. The van der Waals surface area contributed by atoms with Gasteiger partial charge in [0.2, 0.25) is 0 Å². The molecule has 0 amide bonds. The van der Waals surface area contributed by atoms with E-state index in [1.54, 1.807) is 31.2 Å². The Balaban J connectivity index is 0. The second-order valence-electron chi connectivity index (χ2n) is 3.53. The SMILES string of the molecule is CCOC(=O)C(=O)C(C)=C(O)c1ccc(Cl)cc1.[H-].[Li+]. The van der Waals surface area contributed by atoms with Gasteiger partial charge >= 0.3 is 24.8 Å². The van der Waals surface area contributed by atoms with Crippen LogP contribution < -0.4 is 18.9 Å². The van der Waals surface area contributed by atoms with E-state index in [1.165, 1.54) is 6.92 Å². The minimum absolute atomic E-state index is 0. The first-order valence-corrected chi connectivity index (χ1v) is 5.72. The van der Waals surface area contributed by atoms with Crippen LogP contribution in [0, 0.1) is 0 Å². The largest absolute Gasteiger partial charge is 1.00 e. The summed E-state index contributed by atoms with van der Waals surface area (Å²) >= 11 is 5.71. The van der Waals surface area contributed by atoms with Crippen LogP contribution in [0.1, 0.15) is 20.8 Å². The first-order chi connectivity index (χ1) is 8.47. The minimum Gasteiger partial charge on any atom is -1.00 e.